The molecule has 38 heavy (non-hydrogen) atoms. The molecule has 7 rings (SSSR count). The van der Waals surface area contributed by atoms with Crippen molar-refractivity contribution in [3.63, 3.8) is 0 Å². The molecule has 0 N–H and O–H groups in total. The highest BCUT2D eigenvalue weighted by Gasteiger charge is 2.44. The molecular formula is C27H23Cl2N5O3S. The number of piperidine rings is 1. The Labute approximate surface area is 232 Å². The molecular weight excluding hydrogens is 545 g/mol. The molecule has 0 unspecified atom stereocenters. The van der Waals surface area contributed by atoms with Crippen LogP contribution in [0.1, 0.15) is 59.8 Å². The molecule has 1 aliphatic heterocycles. The van der Waals surface area contributed by atoms with Gasteiger partial charge in [0.25, 0.3) is 0 Å². The fourth-order valence-electron chi connectivity index (χ4n) is 5.55. The lowest BCUT2D eigenvalue weighted by molar-refractivity contribution is 0.0594. The van der Waals surface area contributed by atoms with Gasteiger partial charge in [0, 0.05) is 42.5 Å². The Kier molecular flexibility index (Phi) is 5.72. The van der Waals surface area contributed by atoms with Crippen molar-refractivity contribution in [1.82, 2.24) is 20.1 Å². The molecule has 2 fully saturated rings. The minimum atomic E-state index is -0.441. The number of thiazole rings is 1. The number of anilines is 1. The second-order valence-corrected chi connectivity index (χ2v) is 12.0. The molecule has 1 saturated heterocycles. The van der Waals surface area contributed by atoms with Crippen molar-refractivity contribution in [1.29, 1.82) is 0 Å². The van der Waals surface area contributed by atoms with E-state index in [-0.39, 0.29) is 5.41 Å². The first kappa shape index (κ1) is 24.1. The number of esters is 1. The van der Waals surface area contributed by atoms with Crippen molar-refractivity contribution in [3.8, 4) is 11.3 Å². The Morgan fingerprint density at radius 3 is 2.55 bits per heavy atom. The molecule has 194 valence electrons. The van der Waals surface area contributed by atoms with Gasteiger partial charge in [-0.05, 0) is 55.2 Å². The van der Waals surface area contributed by atoms with Crippen LogP contribution in [0, 0.1) is 5.41 Å². The van der Waals surface area contributed by atoms with Crippen molar-refractivity contribution in [2.45, 2.75) is 38.0 Å². The highest BCUT2D eigenvalue weighted by atomic mass is 35.5. The molecule has 0 aromatic carbocycles. The lowest BCUT2D eigenvalue weighted by Gasteiger charge is -2.46. The zero-order valence-electron chi connectivity index (χ0n) is 20.5. The van der Waals surface area contributed by atoms with Crippen LogP contribution in [0.3, 0.4) is 0 Å². The monoisotopic (exact) mass is 567 g/mol. The molecule has 4 aromatic rings. The molecule has 8 nitrogen and oxygen atoms in total. The first-order chi connectivity index (χ1) is 18.4. The quantitative estimate of drug-likeness (QED) is 0.243. The summed E-state index contributed by atoms with van der Waals surface area (Å²) in [6, 6.07) is 3.49. The molecule has 5 heterocycles. The van der Waals surface area contributed by atoms with Gasteiger partial charge in [0.15, 0.2) is 5.13 Å². The minimum Gasteiger partial charge on any atom is -0.464 e. The summed E-state index contributed by atoms with van der Waals surface area (Å²) in [5.41, 5.74) is 4.98. The number of carbonyl (C=O) groups is 1. The molecule has 0 amide bonds. The second kappa shape index (κ2) is 9.03. The third-order valence-electron chi connectivity index (χ3n) is 7.77. The van der Waals surface area contributed by atoms with Crippen LogP contribution in [0.2, 0.25) is 10.0 Å². The highest BCUT2D eigenvalue weighted by Crippen LogP contribution is 2.56. The number of hydrogen-bond donors (Lipinski definition) is 0. The molecule has 4 aromatic heterocycles. The van der Waals surface area contributed by atoms with Gasteiger partial charge in [-0.25, -0.2) is 14.8 Å². The maximum absolute atomic E-state index is 11.8. The van der Waals surface area contributed by atoms with Crippen molar-refractivity contribution in [2.75, 3.05) is 25.1 Å². The number of ether oxygens (including phenoxy) is 1. The lowest BCUT2D eigenvalue weighted by Crippen LogP contribution is -2.42. The zero-order valence-corrected chi connectivity index (χ0v) is 22.9. The summed E-state index contributed by atoms with van der Waals surface area (Å²) in [4.78, 5) is 28.2. The summed E-state index contributed by atoms with van der Waals surface area (Å²) in [7, 11) is 1.36. The van der Waals surface area contributed by atoms with Crippen LogP contribution in [0.4, 0.5) is 5.13 Å². The number of carbonyl (C=O) groups excluding carboxylic acids is 1. The van der Waals surface area contributed by atoms with Gasteiger partial charge >= 0.3 is 5.97 Å². The molecule has 11 heteroatoms. The van der Waals surface area contributed by atoms with Crippen LogP contribution < -0.4 is 4.90 Å². The zero-order chi connectivity index (χ0) is 26.0. The summed E-state index contributed by atoms with van der Waals surface area (Å²) in [6.07, 6.45) is 10.9. The minimum absolute atomic E-state index is 0.153. The van der Waals surface area contributed by atoms with Gasteiger partial charge in [0.05, 0.1) is 17.2 Å². The Hall–Kier alpha value is -3.01. The fraction of sp³-hybridized carbons (Fsp3) is 0.370. The maximum Gasteiger partial charge on any atom is 0.356 e. The second-order valence-electron chi connectivity index (χ2n) is 10.2. The Balaban J connectivity index is 1.13. The van der Waals surface area contributed by atoms with Crippen LogP contribution in [-0.4, -0.2) is 46.3 Å². The average molecular weight is 568 g/mol. The van der Waals surface area contributed by atoms with Gasteiger partial charge in [0.1, 0.15) is 27.5 Å². The van der Waals surface area contributed by atoms with Gasteiger partial charge < -0.3 is 14.2 Å². The van der Waals surface area contributed by atoms with E-state index in [0.29, 0.717) is 27.2 Å². The van der Waals surface area contributed by atoms with Gasteiger partial charge in [-0.2, -0.15) is 0 Å². The molecule has 3 aliphatic rings. The number of rotatable bonds is 5. The number of allylic oxidation sites excluding steroid dienone is 2. The van der Waals surface area contributed by atoms with Crippen molar-refractivity contribution in [3.05, 3.63) is 57.7 Å². The van der Waals surface area contributed by atoms with E-state index in [0.717, 1.165) is 77.7 Å². The largest absolute Gasteiger partial charge is 0.464 e. The number of fused-ring (bicyclic) bond motifs is 1. The number of pyridine rings is 2. The van der Waals surface area contributed by atoms with Crippen molar-refractivity contribution in [2.24, 2.45) is 5.41 Å². The predicted octanol–water partition coefficient (Wildman–Crippen LogP) is 6.79. The number of hydrogen-bond acceptors (Lipinski definition) is 9. The van der Waals surface area contributed by atoms with E-state index in [1.807, 2.05) is 6.07 Å². The predicted molar refractivity (Wildman–Crippen MR) is 147 cm³/mol. The van der Waals surface area contributed by atoms with E-state index in [1.165, 1.54) is 24.0 Å². The summed E-state index contributed by atoms with van der Waals surface area (Å²) in [5.74, 6) is 0.927. The van der Waals surface area contributed by atoms with Crippen LogP contribution in [0.25, 0.3) is 27.2 Å². The van der Waals surface area contributed by atoms with Gasteiger partial charge in [-0.3, -0.25) is 4.98 Å². The summed E-state index contributed by atoms with van der Waals surface area (Å²) in [6.45, 7) is 1.81. The SMILES string of the molecule is COC(=O)c1ccc2nc(N3CCC4(C=C(c5c(-c6c(Cl)cncc6Cl)noc5C5CC5)C4)CC3)sc2n1. The van der Waals surface area contributed by atoms with E-state index in [2.05, 4.69) is 26.1 Å². The number of aromatic nitrogens is 4. The van der Waals surface area contributed by atoms with E-state index >= 15 is 0 Å². The molecule has 1 saturated carbocycles. The molecule has 2 aliphatic carbocycles. The molecule has 0 radical (unpaired) electrons. The Morgan fingerprint density at radius 1 is 1.13 bits per heavy atom. The molecule has 0 bridgehead atoms. The first-order valence-corrected chi connectivity index (χ1v) is 14.1. The van der Waals surface area contributed by atoms with Gasteiger partial charge in [0.2, 0.25) is 0 Å². The van der Waals surface area contributed by atoms with Crippen LogP contribution in [0.5, 0.6) is 0 Å². The Bertz CT molecular complexity index is 1600. The van der Waals surface area contributed by atoms with Crippen LogP contribution in [-0.2, 0) is 4.74 Å². The third kappa shape index (κ3) is 3.99. The lowest BCUT2D eigenvalue weighted by atomic mass is 9.63. The topological polar surface area (TPSA) is 94.2 Å². The van der Waals surface area contributed by atoms with Crippen molar-refractivity contribution >= 4 is 61.6 Å². The summed E-state index contributed by atoms with van der Waals surface area (Å²) in [5, 5.41) is 6.32. The van der Waals surface area contributed by atoms with E-state index in [9.17, 15) is 4.79 Å². The summed E-state index contributed by atoms with van der Waals surface area (Å²) < 4.78 is 10.7. The van der Waals surface area contributed by atoms with Crippen LogP contribution in [0.15, 0.2) is 35.1 Å². The normalized spacial score (nSPS) is 18.5. The van der Waals surface area contributed by atoms with E-state index < -0.39 is 5.97 Å². The first-order valence-electron chi connectivity index (χ1n) is 12.6. The van der Waals surface area contributed by atoms with Gasteiger partial charge in [-0.1, -0.05) is 45.8 Å². The standard InChI is InChI=1S/C27H23Cl2N5O3S/c1-36-25(35)19-5-4-18-24(31-19)38-26(32-18)34-8-6-27(7-9-34)10-15(11-27)20-22(33-37-23(20)14-2-3-14)21-16(28)12-30-13-17(21)29/h4-5,10,12-14H,2-3,6-9,11H2,1H3. The van der Waals surface area contributed by atoms with Crippen LogP contribution >= 0.6 is 34.5 Å². The smallest absolute Gasteiger partial charge is 0.356 e. The molecule has 0 atom stereocenters. The molecule has 1 spiro atoms. The highest BCUT2D eigenvalue weighted by molar-refractivity contribution is 7.21. The average Bonchev–Trinajstić information content (AvgIpc) is 3.52. The van der Waals surface area contributed by atoms with Gasteiger partial charge in [-0.15, -0.1) is 0 Å². The fourth-order valence-corrected chi connectivity index (χ4v) is 7.08. The van der Waals surface area contributed by atoms with E-state index in [4.69, 9.17) is 37.4 Å². The van der Waals surface area contributed by atoms with Crippen molar-refractivity contribution < 1.29 is 14.1 Å². The Morgan fingerprint density at radius 2 is 1.87 bits per heavy atom. The third-order valence-corrected chi connectivity index (χ3v) is 9.37. The number of halogens is 2. The summed E-state index contributed by atoms with van der Waals surface area (Å²) >= 11 is 14.5. The number of nitrogens with zero attached hydrogens (tertiary/aromatic N) is 5. The maximum atomic E-state index is 11.8. The number of methoxy groups -OCH3 is 1. The van der Waals surface area contributed by atoms with E-state index in [1.54, 1.807) is 18.5 Å².